The summed E-state index contributed by atoms with van der Waals surface area (Å²) in [6.07, 6.45) is 2.16. The standard InChI is InChI=1S/C16H19ClN2O2/c1-11-16(12-4-6-13(17)7-5-12)21-15(18-11)9-19-8-2-3-14(19)10-20/h4-7,14,20H,2-3,8-10H2,1H3/t14-/m1/s1. The first-order chi connectivity index (χ1) is 10.2. The number of hydrogen-bond acceptors (Lipinski definition) is 4. The van der Waals surface area contributed by atoms with Crippen molar-refractivity contribution in [1.29, 1.82) is 0 Å². The Morgan fingerprint density at radius 2 is 2.14 bits per heavy atom. The number of likely N-dealkylation sites (tertiary alicyclic amines) is 1. The zero-order valence-electron chi connectivity index (χ0n) is 12.1. The first-order valence-corrected chi connectivity index (χ1v) is 7.62. The van der Waals surface area contributed by atoms with Crippen molar-refractivity contribution in [2.45, 2.75) is 32.4 Å². The molecule has 0 radical (unpaired) electrons. The molecular weight excluding hydrogens is 288 g/mol. The summed E-state index contributed by atoms with van der Waals surface area (Å²) < 4.78 is 5.92. The fraction of sp³-hybridized carbons (Fsp3) is 0.438. The van der Waals surface area contributed by atoms with Crippen LogP contribution in [0.3, 0.4) is 0 Å². The molecule has 1 N–H and O–H groups in total. The summed E-state index contributed by atoms with van der Waals surface area (Å²) in [5.41, 5.74) is 1.86. The summed E-state index contributed by atoms with van der Waals surface area (Å²) in [5, 5.41) is 10.1. The lowest BCUT2D eigenvalue weighted by Gasteiger charge is -2.20. The van der Waals surface area contributed by atoms with E-state index in [4.69, 9.17) is 16.0 Å². The van der Waals surface area contributed by atoms with Crippen LogP contribution in [0.25, 0.3) is 11.3 Å². The van der Waals surface area contributed by atoms with Crippen LogP contribution in [0.4, 0.5) is 0 Å². The van der Waals surface area contributed by atoms with E-state index in [9.17, 15) is 5.11 Å². The molecule has 3 rings (SSSR count). The van der Waals surface area contributed by atoms with Crippen molar-refractivity contribution < 1.29 is 9.52 Å². The van der Waals surface area contributed by atoms with Crippen LogP contribution in [0.1, 0.15) is 24.4 Å². The zero-order chi connectivity index (χ0) is 14.8. The predicted molar refractivity (Wildman–Crippen MR) is 82.2 cm³/mol. The van der Waals surface area contributed by atoms with E-state index in [0.29, 0.717) is 17.5 Å². The lowest BCUT2D eigenvalue weighted by Crippen LogP contribution is -2.31. The third-order valence-corrected chi connectivity index (χ3v) is 4.25. The monoisotopic (exact) mass is 306 g/mol. The van der Waals surface area contributed by atoms with Gasteiger partial charge in [-0.05, 0) is 50.6 Å². The number of nitrogens with zero attached hydrogens (tertiary/aromatic N) is 2. The number of aromatic nitrogens is 1. The van der Waals surface area contributed by atoms with Gasteiger partial charge in [0.05, 0.1) is 18.8 Å². The van der Waals surface area contributed by atoms with E-state index in [-0.39, 0.29) is 12.6 Å². The van der Waals surface area contributed by atoms with Crippen molar-refractivity contribution >= 4 is 11.6 Å². The van der Waals surface area contributed by atoms with Crippen molar-refractivity contribution in [3.8, 4) is 11.3 Å². The van der Waals surface area contributed by atoms with Gasteiger partial charge in [-0.15, -0.1) is 0 Å². The van der Waals surface area contributed by atoms with Crippen LogP contribution >= 0.6 is 11.6 Å². The van der Waals surface area contributed by atoms with Gasteiger partial charge in [-0.1, -0.05) is 11.6 Å². The molecule has 1 aliphatic heterocycles. The Morgan fingerprint density at radius 3 is 2.86 bits per heavy atom. The van der Waals surface area contributed by atoms with Gasteiger partial charge in [-0.2, -0.15) is 0 Å². The molecule has 1 aromatic heterocycles. The second kappa shape index (κ2) is 6.18. The first kappa shape index (κ1) is 14.6. The molecule has 1 atom stereocenters. The smallest absolute Gasteiger partial charge is 0.209 e. The summed E-state index contributed by atoms with van der Waals surface area (Å²) in [6, 6.07) is 7.80. The largest absolute Gasteiger partial charge is 0.439 e. The average molecular weight is 307 g/mol. The van der Waals surface area contributed by atoms with Gasteiger partial charge in [0.2, 0.25) is 5.89 Å². The number of aliphatic hydroxyl groups excluding tert-OH is 1. The van der Waals surface area contributed by atoms with Crippen molar-refractivity contribution in [3.63, 3.8) is 0 Å². The van der Waals surface area contributed by atoms with E-state index in [0.717, 1.165) is 36.4 Å². The fourth-order valence-electron chi connectivity index (χ4n) is 2.87. The van der Waals surface area contributed by atoms with Crippen LogP contribution in [-0.4, -0.2) is 34.2 Å². The second-order valence-electron chi connectivity index (χ2n) is 5.48. The molecule has 1 fully saturated rings. The van der Waals surface area contributed by atoms with Gasteiger partial charge in [-0.25, -0.2) is 4.98 Å². The molecule has 1 saturated heterocycles. The van der Waals surface area contributed by atoms with Crippen LogP contribution in [0.2, 0.25) is 5.02 Å². The quantitative estimate of drug-likeness (QED) is 0.942. The SMILES string of the molecule is Cc1nc(CN2CCC[C@@H]2CO)oc1-c1ccc(Cl)cc1. The number of hydrogen-bond donors (Lipinski definition) is 1. The Kier molecular flexibility index (Phi) is 4.29. The third kappa shape index (κ3) is 3.12. The maximum atomic E-state index is 9.37. The summed E-state index contributed by atoms with van der Waals surface area (Å²) in [5.74, 6) is 1.50. The second-order valence-corrected chi connectivity index (χ2v) is 5.91. The highest BCUT2D eigenvalue weighted by Gasteiger charge is 2.25. The van der Waals surface area contributed by atoms with Gasteiger partial charge >= 0.3 is 0 Å². The fourth-order valence-corrected chi connectivity index (χ4v) is 3.00. The lowest BCUT2D eigenvalue weighted by atomic mass is 10.1. The van der Waals surface area contributed by atoms with Gasteiger partial charge in [0.15, 0.2) is 5.76 Å². The zero-order valence-corrected chi connectivity index (χ0v) is 12.8. The molecule has 0 bridgehead atoms. The molecule has 4 nitrogen and oxygen atoms in total. The van der Waals surface area contributed by atoms with E-state index >= 15 is 0 Å². The summed E-state index contributed by atoms with van der Waals surface area (Å²) in [7, 11) is 0. The van der Waals surface area contributed by atoms with Gasteiger partial charge in [0, 0.05) is 16.6 Å². The number of benzene rings is 1. The normalized spacial score (nSPS) is 19.3. The molecule has 5 heteroatoms. The Balaban J connectivity index is 1.79. The number of oxazole rings is 1. The molecule has 1 aliphatic rings. The molecule has 112 valence electrons. The summed E-state index contributed by atoms with van der Waals surface area (Å²) >= 11 is 5.91. The molecule has 2 heterocycles. The molecule has 21 heavy (non-hydrogen) atoms. The molecule has 0 aliphatic carbocycles. The van der Waals surface area contributed by atoms with Crippen molar-refractivity contribution in [2.75, 3.05) is 13.2 Å². The Labute approximate surface area is 129 Å². The minimum Gasteiger partial charge on any atom is -0.439 e. The van der Waals surface area contributed by atoms with E-state index in [1.807, 2.05) is 31.2 Å². The maximum absolute atomic E-state index is 9.37. The van der Waals surface area contributed by atoms with Crippen LogP contribution in [0, 0.1) is 6.92 Å². The molecular formula is C16H19ClN2O2. The van der Waals surface area contributed by atoms with E-state index < -0.39 is 0 Å². The van der Waals surface area contributed by atoms with Crippen LogP contribution in [-0.2, 0) is 6.54 Å². The highest BCUT2D eigenvalue weighted by molar-refractivity contribution is 6.30. The minimum absolute atomic E-state index is 0.198. The Morgan fingerprint density at radius 1 is 1.38 bits per heavy atom. The summed E-state index contributed by atoms with van der Waals surface area (Å²) in [6.45, 7) is 3.79. The summed E-state index contributed by atoms with van der Waals surface area (Å²) in [4.78, 5) is 6.75. The van der Waals surface area contributed by atoms with Crippen LogP contribution in [0.15, 0.2) is 28.7 Å². The lowest BCUT2D eigenvalue weighted by molar-refractivity contribution is 0.144. The van der Waals surface area contributed by atoms with Crippen molar-refractivity contribution in [1.82, 2.24) is 9.88 Å². The molecule has 0 unspecified atom stereocenters. The third-order valence-electron chi connectivity index (χ3n) is 4.00. The van der Waals surface area contributed by atoms with Crippen LogP contribution < -0.4 is 0 Å². The van der Waals surface area contributed by atoms with Crippen LogP contribution in [0.5, 0.6) is 0 Å². The molecule has 0 amide bonds. The van der Waals surface area contributed by atoms with E-state index in [1.54, 1.807) is 0 Å². The number of aryl methyl sites for hydroxylation is 1. The van der Waals surface area contributed by atoms with E-state index in [2.05, 4.69) is 9.88 Å². The predicted octanol–water partition coefficient (Wildman–Crippen LogP) is 3.26. The molecule has 2 aromatic rings. The van der Waals surface area contributed by atoms with Gasteiger partial charge in [0.1, 0.15) is 0 Å². The number of rotatable bonds is 4. The molecule has 1 aromatic carbocycles. The highest BCUT2D eigenvalue weighted by Crippen LogP contribution is 2.27. The Hall–Kier alpha value is -1.36. The minimum atomic E-state index is 0.198. The average Bonchev–Trinajstić information content (AvgIpc) is 3.07. The van der Waals surface area contributed by atoms with Gasteiger partial charge in [0.25, 0.3) is 0 Å². The van der Waals surface area contributed by atoms with Crippen molar-refractivity contribution in [3.05, 3.63) is 40.9 Å². The van der Waals surface area contributed by atoms with Gasteiger partial charge in [-0.3, -0.25) is 4.90 Å². The topological polar surface area (TPSA) is 49.5 Å². The van der Waals surface area contributed by atoms with E-state index in [1.165, 1.54) is 0 Å². The number of aliphatic hydroxyl groups is 1. The first-order valence-electron chi connectivity index (χ1n) is 7.24. The Bertz CT molecular complexity index is 609. The maximum Gasteiger partial charge on any atom is 0.209 e. The molecule has 0 spiro atoms. The van der Waals surface area contributed by atoms with Crippen molar-refractivity contribution in [2.24, 2.45) is 0 Å². The highest BCUT2D eigenvalue weighted by atomic mass is 35.5. The molecule has 0 saturated carbocycles. The number of halogens is 1. The van der Waals surface area contributed by atoms with Gasteiger partial charge < -0.3 is 9.52 Å².